The van der Waals surface area contributed by atoms with Crippen LogP contribution >= 0.6 is 11.8 Å². The van der Waals surface area contributed by atoms with Crippen LogP contribution in [0.15, 0.2) is 60.3 Å². The van der Waals surface area contributed by atoms with Crippen LogP contribution in [0.4, 0.5) is 5.69 Å². The first-order valence-electron chi connectivity index (χ1n) is 11.6. The van der Waals surface area contributed by atoms with E-state index in [4.69, 9.17) is 9.47 Å². The van der Waals surface area contributed by atoms with E-state index in [-0.39, 0.29) is 24.1 Å². The number of carbonyl (C=O) groups is 2. The highest BCUT2D eigenvalue weighted by atomic mass is 32.2. The lowest BCUT2D eigenvalue weighted by Gasteiger charge is -2.11. The maximum Gasteiger partial charge on any atom is 0.244 e. The summed E-state index contributed by atoms with van der Waals surface area (Å²) in [5.74, 6) is 1.50. The van der Waals surface area contributed by atoms with Gasteiger partial charge in [0.1, 0.15) is 0 Å². The summed E-state index contributed by atoms with van der Waals surface area (Å²) in [5, 5.41) is 14.8. The molecule has 194 valence electrons. The molecule has 0 saturated carbocycles. The van der Waals surface area contributed by atoms with E-state index in [2.05, 4.69) is 27.4 Å². The smallest absolute Gasteiger partial charge is 0.244 e. The number of nitrogens with zero attached hydrogens (tertiary/aromatic N) is 3. The average Bonchev–Trinajstić information content (AvgIpc) is 3.28. The first-order valence-corrected chi connectivity index (χ1v) is 12.5. The number of aromatic nitrogens is 3. The number of hydrogen-bond donors (Lipinski definition) is 2. The van der Waals surface area contributed by atoms with Crippen molar-refractivity contribution in [1.82, 2.24) is 20.1 Å². The molecule has 37 heavy (non-hydrogen) atoms. The zero-order chi connectivity index (χ0) is 26.8. The number of allylic oxidation sites excluding steroid dienone is 1. The van der Waals surface area contributed by atoms with Gasteiger partial charge in [-0.3, -0.25) is 9.59 Å². The molecule has 2 amide bonds. The molecule has 0 atom stereocenters. The van der Waals surface area contributed by atoms with Gasteiger partial charge in [0.25, 0.3) is 0 Å². The molecule has 9 nitrogen and oxygen atoms in total. The van der Waals surface area contributed by atoms with Crippen LogP contribution in [0.1, 0.15) is 22.5 Å². The maximum atomic E-state index is 12.6. The van der Waals surface area contributed by atoms with Crippen LogP contribution < -0.4 is 20.1 Å². The zero-order valence-electron chi connectivity index (χ0n) is 21.4. The molecule has 0 aliphatic rings. The van der Waals surface area contributed by atoms with Gasteiger partial charge in [0.15, 0.2) is 22.5 Å². The van der Waals surface area contributed by atoms with E-state index in [1.165, 1.54) is 17.8 Å². The van der Waals surface area contributed by atoms with Crippen molar-refractivity contribution >= 4 is 35.3 Å². The summed E-state index contributed by atoms with van der Waals surface area (Å²) >= 11 is 1.28. The lowest BCUT2D eigenvalue weighted by Crippen LogP contribution is -2.23. The van der Waals surface area contributed by atoms with Crippen LogP contribution in [0, 0.1) is 13.8 Å². The maximum absolute atomic E-state index is 12.6. The fraction of sp³-hybridized carbons (Fsp3) is 0.259. The average molecular weight is 522 g/mol. The van der Waals surface area contributed by atoms with Gasteiger partial charge in [0.2, 0.25) is 11.8 Å². The normalized spacial score (nSPS) is 10.8. The molecule has 0 saturated heterocycles. The van der Waals surface area contributed by atoms with E-state index in [0.717, 1.165) is 22.4 Å². The van der Waals surface area contributed by atoms with Crippen LogP contribution in [0.25, 0.3) is 6.08 Å². The largest absolute Gasteiger partial charge is 0.493 e. The summed E-state index contributed by atoms with van der Waals surface area (Å²) in [4.78, 5) is 25.0. The van der Waals surface area contributed by atoms with Crippen LogP contribution in [0.3, 0.4) is 0 Å². The highest BCUT2D eigenvalue weighted by Gasteiger charge is 2.15. The Morgan fingerprint density at radius 3 is 2.49 bits per heavy atom. The molecular weight excluding hydrogens is 490 g/mol. The van der Waals surface area contributed by atoms with E-state index < -0.39 is 0 Å². The molecule has 0 unspecified atom stereocenters. The fourth-order valence-corrected chi connectivity index (χ4v) is 4.31. The number of ether oxygens (including phenoxy) is 2. The first kappa shape index (κ1) is 27.5. The number of hydrogen-bond acceptors (Lipinski definition) is 7. The van der Waals surface area contributed by atoms with Crippen molar-refractivity contribution in [2.45, 2.75) is 32.1 Å². The molecule has 1 aromatic heterocycles. The van der Waals surface area contributed by atoms with Gasteiger partial charge in [-0.15, -0.1) is 16.8 Å². The Hall–Kier alpha value is -4.05. The Morgan fingerprint density at radius 1 is 1.08 bits per heavy atom. The van der Waals surface area contributed by atoms with E-state index >= 15 is 0 Å². The lowest BCUT2D eigenvalue weighted by atomic mass is 10.1. The van der Waals surface area contributed by atoms with Gasteiger partial charge < -0.3 is 24.7 Å². The third-order valence-electron chi connectivity index (χ3n) is 5.44. The van der Waals surface area contributed by atoms with Crippen molar-refractivity contribution in [3.8, 4) is 11.5 Å². The number of rotatable bonds is 12. The van der Waals surface area contributed by atoms with Crippen molar-refractivity contribution in [1.29, 1.82) is 0 Å². The summed E-state index contributed by atoms with van der Waals surface area (Å²) in [6.45, 7) is 8.32. The molecule has 2 aromatic carbocycles. The van der Waals surface area contributed by atoms with Gasteiger partial charge in [-0.2, -0.15) is 0 Å². The van der Waals surface area contributed by atoms with Crippen molar-refractivity contribution in [2.75, 3.05) is 25.3 Å². The Kier molecular flexibility index (Phi) is 9.91. The lowest BCUT2D eigenvalue weighted by molar-refractivity contribution is -0.116. The third-order valence-corrected chi connectivity index (χ3v) is 6.41. The highest BCUT2D eigenvalue weighted by Crippen LogP contribution is 2.28. The van der Waals surface area contributed by atoms with Crippen molar-refractivity contribution in [3.05, 3.63) is 77.6 Å². The molecule has 0 radical (unpaired) electrons. The number of carbonyl (C=O) groups excluding carboxylic acids is 2. The standard InChI is InChI=1S/C27H31N5O4S/c1-6-14-32-23(16-28-24(33)13-11-20-10-12-21(35-4)22(15-20)36-5)30-31-27(32)37-17-25(34)29-26-18(2)8-7-9-19(26)3/h6-13,15H,1,14,16-17H2,2-5H3,(H,28,33)(H,29,34). The molecule has 0 aliphatic carbocycles. The van der Waals surface area contributed by atoms with Gasteiger partial charge in [-0.25, -0.2) is 0 Å². The molecule has 0 spiro atoms. The minimum absolute atomic E-state index is 0.134. The second kappa shape index (κ2) is 13.3. The SMILES string of the molecule is C=CCn1c(CNC(=O)C=Cc2ccc(OC)c(OC)c2)nnc1SCC(=O)Nc1c(C)cccc1C. The van der Waals surface area contributed by atoms with Gasteiger partial charge in [-0.05, 0) is 48.7 Å². The number of thioether (sulfide) groups is 1. The molecule has 3 aromatic rings. The highest BCUT2D eigenvalue weighted by molar-refractivity contribution is 7.99. The Bertz CT molecular complexity index is 1280. The molecule has 3 rings (SSSR count). The van der Waals surface area contributed by atoms with Crippen LogP contribution in [-0.4, -0.2) is 46.6 Å². The summed E-state index contributed by atoms with van der Waals surface area (Å²) in [7, 11) is 3.12. The number of amides is 2. The van der Waals surface area contributed by atoms with E-state index in [9.17, 15) is 9.59 Å². The van der Waals surface area contributed by atoms with E-state index in [0.29, 0.717) is 29.0 Å². The second-order valence-electron chi connectivity index (χ2n) is 8.07. The quantitative estimate of drug-likeness (QED) is 0.209. The molecule has 10 heteroatoms. The Labute approximate surface area is 221 Å². The molecule has 0 aliphatic heterocycles. The predicted octanol–water partition coefficient (Wildman–Crippen LogP) is 4.16. The molecular formula is C27H31N5O4S. The number of methoxy groups -OCH3 is 2. The van der Waals surface area contributed by atoms with Crippen LogP contribution in [0.5, 0.6) is 11.5 Å². The summed E-state index contributed by atoms with van der Waals surface area (Å²) < 4.78 is 12.3. The second-order valence-corrected chi connectivity index (χ2v) is 9.01. The Morgan fingerprint density at radius 2 is 1.81 bits per heavy atom. The number of para-hydroxylation sites is 1. The monoisotopic (exact) mass is 521 g/mol. The molecule has 2 N–H and O–H groups in total. The molecule has 0 bridgehead atoms. The van der Waals surface area contributed by atoms with Gasteiger partial charge in [0.05, 0.1) is 26.5 Å². The summed E-state index contributed by atoms with van der Waals surface area (Å²) in [5.41, 5.74) is 3.63. The van der Waals surface area contributed by atoms with Crippen LogP contribution in [-0.2, 0) is 22.7 Å². The minimum Gasteiger partial charge on any atom is -0.493 e. The first-order chi connectivity index (χ1) is 17.9. The zero-order valence-corrected chi connectivity index (χ0v) is 22.2. The summed E-state index contributed by atoms with van der Waals surface area (Å²) in [6.07, 6.45) is 4.83. The molecule has 1 heterocycles. The van der Waals surface area contributed by atoms with E-state index in [1.807, 2.05) is 42.7 Å². The topological polar surface area (TPSA) is 107 Å². The Balaban J connectivity index is 1.59. The van der Waals surface area contributed by atoms with Crippen LogP contribution in [0.2, 0.25) is 0 Å². The fourth-order valence-electron chi connectivity index (χ4n) is 3.54. The van der Waals surface area contributed by atoms with Crippen molar-refractivity contribution in [3.63, 3.8) is 0 Å². The van der Waals surface area contributed by atoms with Gasteiger partial charge in [-0.1, -0.05) is 42.1 Å². The third kappa shape index (κ3) is 7.47. The van der Waals surface area contributed by atoms with Gasteiger partial charge in [0, 0.05) is 18.3 Å². The van der Waals surface area contributed by atoms with Gasteiger partial charge >= 0.3 is 0 Å². The van der Waals surface area contributed by atoms with Crippen molar-refractivity contribution < 1.29 is 19.1 Å². The number of aryl methyl sites for hydroxylation is 2. The number of benzene rings is 2. The number of nitrogens with one attached hydrogen (secondary N) is 2. The number of anilines is 1. The van der Waals surface area contributed by atoms with Crippen molar-refractivity contribution in [2.24, 2.45) is 0 Å². The minimum atomic E-state index is -0.287. The predicted molar refractivity (Wildman–Crippen MR) is 146 cm³/mol. The summed E-state index contributed by atoms with van der Waals surface area (Å²) in [6, 6.07) is 11.3. The van der Waals surface area contributed by atoms with E-state index in [1.54, 1.807) is 38.5 Å². The molecule has 0 fully saturated rings.